The minimum atomic E-state index is -0.824. The number of amides is 1. The smallest absolute Gasteiger partial charge is 0.256 e. The summed E-state index contributed by atoms with van der Waals surface area (Å²) in [5.41, 5.74) is -0.0684. The van der Waals surface area contributed by atoms with Crippen molar-refractivity contribution in [2.24, 2.45) is 5.92 Å². The summed E-state index contributed by atoms with van der Waals surface area (Å²) in [5.74, 6) is 1.09. The number of nitrogens with zero attached hydrogens (tertiary/aromatic N) is 1. The molecule has 1 aliphatic heterocycles. The fourth-order valence-corrected chi connectivity index (χ4v) is 3.89. The molecular formula is C23H38N2O3. The van der Waals surface area contributed by atoms with Crippen LogP contribution in [0.5, 0.6) is 5.75 Å². The molecule has 2 atom stereocenters. The van der Waals surface area contributed by atoms with Crippen LogP contribution in [0.15, 0.2) is 24.3 Å². The van der Waals surface area contributed by atoms with E-state index in [4.69, 9.17) is 9.47 Å². The molecule has 0 radical (unpaired) electrons. The molecule has 0 bridgehead atoms. The third kappa shape index (κ3) is 6.78. The van der Waals surface area contributed by atoms with E-state index in [2.05, 4.69) is 31.0 Å². The van der Waals surface area contributed by atoms with Gasteiger partial charge in [-0.3, -0.25) is 4.79 Å². The molecule has 1 aromatic rings. The number of hydrogen-bond donors (Lipinski definition) is 1. The fourth-order valence-electron chi connectivity index (χ4n) is 3.89. The number of nitrogens with one attached hydrogen (secondary N) is 1. The highest BCUT2D eigenvalue weighted by atomic mass is 16.5. The Morgan fingerprint density at radius 2 is 2.00 bits per heavy atom. The SMILES string of the molecule is CO[C@@](C)(CC(C)C)C(=O)Nc1ccc(OCCCN2CCCC[C@H]2C)cc1. The van der Waals surface area contributed by atoms with Gasteiger partial charge in [0.25, 0.3) is 5.91 Å². The maximum atomic E-state index is 12.6. The van der Waals surface area contributed by atoms with Gasteiger partial charge >= 0.3 is 0 Å². The lowest BCUT2D eigenvalue weighted by molar-refractivity contribution is -0.137. The van der Waals surface area contributed by atoms with Crippen molar-refractivity contribution in [1.82, 2.24) is 4.90 Å². The lowest BCUT2D eigenvalue weighted by atomic mass is 9.93. The van der Waals surface area contributed by atoms with Crippen molar-refractivity contribution in [2.45, 2.75) is 71.4 Å². The van der Waals surface area contributed by atoms with Crippen molar-refractivity contribution >= 4 is 11.6 Å². The van der Waals surface area contributed by atoms with Crippen molar-refractivity contribution < 1.29 is 14.3 Å². The molecule has 1 fully saturated rings. The van der Waals surface area contributed by atoms with Crippen molar-refractivity contribution in [3.63, 3.8) is 0 Å². The molecule has 1 saturated heterocycles. The zero-order chi connectivity index (χ0) is 20.6. The van der Waals surface area contributed by atoms with Crippen LogP contribution in [0.3, 0.4) is 0 Å². The van der Waals surface area contributed by atoms with Crippen molar-refractivity contribution in [1.29, 1.82) is 0 Å². The average molecular weight is 391 g/mol. The van der Waals surface area contributed by atoms with Crippen LogP contribution < -0.4 is 10.1 Å². The standard InChI is InChI=1S/C23H38N2O3/c1-18(2)17-23(4,27-5)22(26)24-20-10-12-21(13-11-20)28-16-8-15-25-14-7-6-9-19(25)3/h10-13,18-19H,6-9,14-17H2,1-5H3,(H,24,26)/t19-,23+/m1/s1. The maximum Gasteiger partial charge on any atom is 0.256 e. The second kappa shape index (κ2) is 10.8. The van der Waals surface area contributed by atoms with E-state index in [0.717, 1.165) is 24.4 Å². The van der Waals surface area contributed by atoms with Crippen LogP contribution in [0.2, 0.25) is 0 Å². The van der Waals surface area contributed by atoms with E-state index < -0.39 is 5.60 Å². The van der Waals surface area contributed by atoms with E-state index >= 15 is 0 Å². The van der Waals surface area contributed by atoms with Gasteiger partial charge in [0.1, 0.15) is 11.4 Å². The summed E-state index contributed by atoms with van der Waals surface area (Å²) < 4.78 is 11.4. The largest absolute Gasteiger partial charge is 0.494 e. The first-order valence-electron chi connectivity index (χ1n) is 10.7. The molecule has 28 heavy (non-hydrogen) atoms. The van der Waals surface area contributed by atoms with Gasteiger partial charge < -0.3 is 19.7 Å². The zero-order valence-electron chi connectivity index (χ0n) is 18.3. The van der Waals surface area contributed by atoms with Gasteiger partial charge in [0.15, 0.2) is 0 Å². The van der Waals surface area contributed by atoms with E-state index in [-0.39, 0.29) is 5.91 Å². The molecular weight excluding hydrogens is 352 g/mol. The number of benzene rings is 1. The van der Waals surface area contributed by atoms with Gasteiger partial charge in [0.2, 0.25) is 0 Å². The highest BCUT2D eigenvalue weighted by Crippen LogP contribution is 2.24. The van der Waals surface area contributed by atoms with Crippen molar-refractivity contribution in [3.8, 4) is 5.75 Å². The number of piperidine rings is 1. The van der Waals surface area contributed by atoms with Gasteiger partial charge in [-0.25, -0.2) is 0 Å². The zero-order valence-corrected chi connectivity index (χ0v) is 18.3. The normalized spacial score (nSPS) is 20.0. The van der Waals surface area contributed by atoms with Crippen LogP contribution in [0.25, 0.3) is 0 Å². The minimum Gasteiger partial charge on any atom is -0.494 e. The minimum absolute atomic E-state index is 0.118. The third-order valence-corrected chi connectivity index (χ3v) is 5.64. The second-order valence-electron chi connectivity index (χ2n) is 8.59. The van der Waals surface area contributed by atoms with Crippen molar-refractivity contribution in [2.75, 3.05) is 32.1 Å². The number of carbonyl (C=O) groups excluding carboxylic acids is 1. The molecule has 158 valence electrons. The van der Waals surface area contributed by atoms with Gasteiger partial charge in [-0.2, -0.15) is 0 Å². The van der Waals surface area contributed by atoms with Gasteiger partial charge in [-0.05, 0) is 76.3 Å². The maximum absolute atomic E-state index is 12.6. The second-order valence-corrected chi connectivity index (χ2v) is 8.59. The Hall–Kier alpha value is -1.59. The van der Waals surface area contributed by atoms with Gasteiger partial charge in [0, 0.05) is 25.4 Å². The topological polar surface area (TPSA) is 50.8 Å². The average Bonchev–Trinajstić information content (AvgIpc) is 2.67. The first-order chi connectivity index (χ1) is 13.3. The highest BCUT2D eigenvalue weighted by molar-refractivity contribution is 5.97. The van der Waals surface area contributed by atoms with E-state index in [9.17, 15) is 4.79 Å². The number of carbonyl (C=O) groups is 1. The Balaban J connectivity index is 1.77. The Bertz CT molecular complexity index is 602. The number of likely N-dealkylation sites (tertiary alicyclic amines) is 1. The molecule has 0 aromatic heterocycles. The quantitative estimate of drug-likeness (QED) is 0.587. The monoisotopic (exact) mass is 390 g/mol. The third-order valence-electron chi connectivity index (χ3n) is 5.64. The van der Waals surface area contributed by atoms with E-state index in [1.165, 1.54) is 25.8 Å². The number of rotatable bonds is 10. The van der Waals surface area contributed by atoms with E-state index in [1.807, 2.05) is 31.2 Å². The summed E-state index contributed by atoms with van der Waals surface area (Å²) in [4.78, 5) is 15.2. The summed E-state index contributed by atoms with van der Waals surface area (Å²) in [6, 6.07) is 8.28. The van der Waals surface area contributed by atoms with Crippen LogP contribution in [0.4, 0.5) is 5.69 Å². The number of hydrogen-bond acceptors (Lipinski definition) is 4. The lowest BCUT2D eigenvalue weighted by Gasteiger charge is -2.33. The highest BCUT2D eigenvalue weighted by Gasteiger charge is 2.33. The molecule has 1 aliphatic rings. The predicted octanol–water partition coefficient (Wildman–Crippen LogP) is 4.72. The molecule has 5 nitrogen and oxygen atoms in total. The summed E-state index contributed by atoms with van der Waals surface area (Å²) in [5, 5.41) is 2.95. The molecule has 0 unspecified atom stereocenters. The molecule has 0 aliphatic carbocycles. The first-order valence-corrected chi connectivity index (χ1v) is 10.7. The summed E-state index contributed by atoms with van der Waals surface area (Å²) in [7, 11) is 1.59. The van der Waals surface area contributed by atoms with Crippen LogP contribution >= 0.6 is 0 Å². The van der Waals surface area contributed by atoms with Gasteiger partial charge in [-0.15, -0.1) is 0 Å². The van der Waals surface area contributed by atoms with Crippen molar-refractivity contribution in [3.05, 3.63) is 24.3 Å². The van der Waals surface area contributed by atoms with Crippen LogP contribution in [0.1, 0.15) is 59.8 Å². The molecule has 0 spiro atoms. The molecule has 1 N–H and O–H groups in total. The summed E-state index contributed by atoms with van der Waals surface area (Å²) in [6.45, 7) is 11.4. The van der Waals surface area contributed by atoms with Crippen LogP contribution in [-0.2, 0) is 9.53 Å². The first kappa shape index (κ1) is 22.7. The summed E-state index contributed by atoms with van der Waals surface area (Å²) in [6.07, 6.45) is 5.69. The fraction of sp³-hybridized carbons (Fsp3) is 0.696. The van der Waals surface area contributed by atoms with Gasteiger partial charge in [-0.1, -0.05) is 20.3 Å². The molecule has 1 aromatic carbocycles. The molecule has 0 saturated carbocycles. The Morgan fingerprint density at radius 1 is 1.29 bits per heavy atom. The number of anilines is 1. The van der Waals surface area contributed by atoms with Crippen LogP contribution in [-0.4, -0.2) is 49.3 Å². The molecule has 5 heteroatoms. The number of ether oxygens (including phenoxy) is 2. The molecule has 1 heterocycles. The van der Waals surface area contributed by atoms with Crippen LogP contribution in [0, 0.1) is 5.92 Å². The van der Waals surface area contributed by atoms with Gasteiger partial charge in [0.05, 0.1) is 6.61 Å². The predicted molar refractivity (Wildman–Crippen MR) is 115 cm³/mol. The Labute approximate surface area is 170 Å². The lowest BCUT2D eigenvalue weighted by Crippen LogP contribution is -2.43. The van der Waals surface area contributed by atoms with E-state index in [0.29, 0.717) is 25.0 Å². The van der Waals surface area contributed by atoms with E-state index in [1.54, 1.807) is 7.11 Å². The number of methoxy groups -OCH3 is 1. The molecule has 2 rings (SSSR count). The Kier molecular flexibility index (Phi) is 8.77. The summed E-state index contributed by atoms with van der Waals surface area (Å²) >= 11 is 0. The Morgan fingerprint density at radius 3 is 2.61 bits per heavy atom. The molecule has 1 amide bonds.